The van der Waals surface area contributed by atoms with Crippen LogP contribution in [-0.2, 0) is 9.53 Å². The number of rotatable bonds is 2. The SMILES string of the molecule is COC(=O)C1(C2(O)CCSC2)CCCNC1. The van der Waals surface area contributed by atoms with E-state index in [-0.39, 0.29) is 5.97 Å². The summed E-state index contributed by atoms with van der Waals surface area (Å²) in [6.07, 6.45) is 2.33. The fourth-order valence-corrected chi connectivity index (χ4v) is 4.18. The van der Waals surface area contributed by atoms with E-state index in [0.29, 0.717) is 18.7 Å². The van der Waals surface area contributed by atoms with E-state index in [1.165, 1.54) is 7.11 Å². The van der Waals surface area contributed by atoms with Crippen LogP contribution in [0.3, 0.4) is 0 Å². The number of piperidine rings is 1. The van der Waals surface area contributed by atoms with Gasteiger partial charge in [-0.1, -0.05) is 0 Å². The maximum Gasteiger partial charge on any atom is 0.316 e. The lowest BCUT2D eigenvalue weighted by molar-refractivity contribution is -0.172. The van der Waals surface area contributed by atoms with Gasteiger partial charge in [-0.05, 0) is 31.6 Å². The van der Waals surface area contributed by atoms with E-state index in [4.69, 9.17) is 4.74 Å². The molecule has 2 aliphatic heterocycles. The zero-order valence-corrected chi connectivity index (χ0v) is 10.4. The molecule has 0 amide bonds. The first kappa shape index (κ1) is 12.2. The molecule has 0 saturated carbocycles. The Morgan fingerprint density at radius 2 is 2.31 bits per heavy atom. The summed E-state index contributed by atoms with van der Waals surface area (Å²) in [6, 6.07) is 0. The summed E-state index contributed by atoms with van der Waals surface area (Å²) in [5.41, 5.74) is -1.62. The third-order valence-electron chi connectivity index (χ3n) is 3.85. The van der Waals surface area contributed by atoms with Crippen LogP contribution in [0.4, 0.5) is 0 Å². The molecule has 2 N–H and O–H groups in total. The minimum absolute atomic E-state index is 0.260. The van der Waals surface area contributed by atoms with Crippen molar-refractivity contribution in [1.82, 2.24) is 5.32 Å². The fraction of sp³-hybridized carbons (Fsp3) is 0.909. The molecule has 0 aromatic rings. The van der Waals surface area contributed by atoms with E-state index in [9.17, 15) is 9.90 Å². The molecule has 2 heterocycles. The average Bonchev–Trinajstić information content (AvgIpc) is 2.77. The van der Waals surface area contributed by atoms with Gasteiger partial charge in [-0.2, -0.15) is 11.8 Å². The Balaban J connectivity index is 2.28. The van der Waals surface area contributed by atoms with Crippen molar-refractivity contribution < 1.29 is 14.6 Å². The van der Waals surface area contributed by atoms with Gasteiger partial charge in [0, 0.05) is 12.3 Å². The lowest BCUT2D eigenvalue weighted by atomic mass is 9.67. The Labute approximate surface area is 100 Å². The first-order valence-corrected chi connectivity index (χ1v) is 6.89. The predicted octanol–water partition coefficient (Wildman–Crippen LogP) is 0.397. The Kier molecular flexibility index (Phi) is 3.47. The van der Waals surface area contributed by atoms with E-state index < -0.39 is 11.0 Å². The Morgan fingerprint density at radius 3 is 2.81 bits per heavy atom. The molecule has 4 nitrogen and oxygen atoms in total. The van der Waals surface area contributed by atoms with Crippen molar-refractivity contribution in [2.24, 2.45) is 5.41 Å². The third kappa shape index (κ3) is 1.75. The Bertz CT molecular complexity index is 270. The first-order chi connectivity index (χ1) is 7.65. The maximum atomic E-state index is 12.0. The molecular formula is C11H19NO3S. The number of hydrogen-bond acceptors (Lipinski definition) is 5. The minimum Gasteiger partial charge on any atom is -0.468 e. The van der Waals surface area contributed by atoms with Gasteiger partial charge in [0.15, 0.2) is 0 Å². The number of aliphatic hydroxyl groups is 1. The van der Waals surface area contributed by atoms with E-state index in [2.05, 4.69) is 5.32 Å². The zero-order valence-electron chi connectivity index (χ0n) is 9.62. The molecule has 0 radical (unpaired) electrons. The minimum atomic E-state index is -0.891. The van der Waals surface area contributed by atoms with Gasteiger partial charge >= 0.3 is 5.97 Å². The molecule has 2 aliphatic rings. The zero-order chi connectivity index (χ0) is 11.6. The van der Waals surface area contributed by atoms with Gasteiger partial charge in [0.25, 0.3) is 0 Å². The lowest BCUT2D eigenvalue weighted by Crippen LogP contribution is -2.61. The molecule has 2 fully saturated rings. The van der Waals surface area contributed by atoms with Crippen LogP contribution in [0.2, 0.25) is 0 Å². The number of carbonyl (C=O) groups excluding carboxylic acids is 1. The second kappa shape index (κ2) is 4.55. The Morgan fingerprint density at radius 1 is 1.50 bits per heavy atom. The monoisotopic (exact) mass is 245 g/mol. The van der Waals surface area contributed by atoms with Gasteiger partial charge in [-0.15, -0.1) is 0 Å². The largest absolute Gasteiger partial charge is 0.468 e. The highest BCUT2D eigenvalue weighted by Gasteiger charge is 2.57. The first-order valence-electron chi connectivity index (χ1n) is 5.74. The van der Waals surface area contributed by atoms with Gasteiger partial charge in [0.1, 0.15) is 5.41 Å². The molecule has 0 aliphatic carbocycles. The number of thioether (sulfide) groups is 1. The molecule has 2 unspecified atom stereocenters. The molecule has 16 heavy (non-hydrogen) atoms. The highest BCUT2D eigenvalue weighted by Crippen LogP contribution is 2.46. The molecule has 92 valence electrons. The predicted molar refractivity (Wildman–Crippen MR) is 63.4 cm³/mol. The molecule has 2 rings (SSSR count). The normalized spacial score (nSPS) is 39.6. The van der Waals surface area contributed by atoms with Crippen molar-refractivity contribution in [2.75, 3.05) is 31.7 Å². The van der Waals surface area contributed by atoms with Crippen LogP contribution in [0.15, 0.2) is 0 Å². The van der Waals surface area contributed by atoms with E-state index >= 15 is 0 Å². The van der Waals surface area contributed by atoms with Gasteiger partial charge in [-0.3, -0.25) is 4.79 Å². The fourth-order valence-electron chi connectivity index (χ4n) is 2.79. The summed E-state index contributed by atoms with van der Waals surface area (Å²) in [7, 11) is 1.41. The second-order valence-electron chi connectivity index (χ2n) is 4.69. The molecule has 0 bridgehead atoms. The summed E-state index contributed by atoms with van der Waals surface area (Å²) in [5, 5.41) is 13.9. The lowest BCUT2D eigenvalue weighted by Gasteiger charge is -2.45. The van der Waals surface area contributed by atoms with Crippen LogP contribution in [0, 0.1) is 5.41 Å². The van der Waals surface area contributed by atoms with Crippen molar-refractivity contribution in [3.05, 3.63) is 0 Å². The van der Waals surface area contributed by atoms with Crippen LogP contribution in [0.5, 0.6) is 0 Å². The molecule has 0 spiro atoms. The van der Waals surface area contributed by atoms with Crippen LogP contribution in [0.25, 0.3) is 0 Å². The summed E-state index contributed by atoms with van der Waals surface area (Å²) in [4.78, 5) is 12.0. The molecule has 2 atom stereocenters. The summed E-state index contributed by atoms with van der Waals surface area (Å²) in [6.45, 7) is 1.46. The molecule has 0 aromatic heterocycles. The van der Waals surface area contributed by atoms with E-state index in [1.807, 2.05) is 0 Å². The number of esters is 1. The van der Waals surface area contributed by atoms with E-state index in [0.717, 1.165) is 25.1 Å². The van der Waals surface area contributed by atoms with Crippen molar-refractivity contribution in [3.8, 4) is 0 Å². The van der Waals surface area contributed by atoms with Gasteiger partial charge < -0.3 is 15.2 Å². The number of carbonyl (C=O) groups is 1. The van der Waals surface area contributed by atoms with Gasteiger partial charge in [-0.25, -0.2) is 0 Å². The third-order valence-corrected chi connectivity index (χ3v) is 5.03. The van der Waals surface area contributed by atoms with E-state index in [1.54, 1.807) is 11.8 Å². The summed E-state index contributed by atoms with van der Waals surface area (Å²) < 4.78 is 4.92. The highest BCUT2D eigenvalue weighted by atomic mass is 32.2. The number of ether oxygens (including phenoxy) is 1. The van der Waals surface area contributed by atoms with Crippen LogP contribution in [-0.4, -0.2) is 48.4 Å². The Hall–Kier alpha value is -0.260. The summed E-state index contributed by atoms with van der Waals surface area (Å²) in [5.74, 6) is 1.31. The number of hydrogen-bond donors (Lipinski definition) is 2. The van der Waals surface area contributed by atoms with Gasteiger partial charge in [0.2, 0.25) is 0 Å². The quantitative estimate of drug-likeness (QED) is 0.690. The van der Waals surface area contributed by atoms with Crippen molar-refractivity contribution in [1.29, 1.82) is 0 Å². The van der Waals surface area contributed by atoms with Crippen LogP contribution >= 0.6 is 11.8 Å². The standard InChI is InChI=1S/C11H19NO3S/c1-15-9(13)10(3-2-5-12-7-10)11(14)4-6-16-8-11/h12,14H,2-8H2,1H3. The molecule has 5 heteroatoms. The second-order valence-corrected chi connectivity index (χ2v) is 5.79. The van der Waals surface area contributed by atoms with Crippen molar-refractivity contribution in [3.63, 3.8) is 0 Å². The molecular weight excluding hydrogens is 226 g/mol. The number of methoxy groups -OCH3 is 1. The van der Waals surface area contributed by atoms with Crippen LogP contribution in [0.1, 0.15) is 19.3 Å². The molecule has 2 saturated heterocycles. The molecule has 0 aromatic carbocycles. The van der Waals surface area contributed by atoms with Crippen molar-refractivity contribution in [2.45, 2.75) is 24.9 Å². The topological polar surface area (TPSA) is 58.6 Å². The van der Waals surface area contributed by atoms with Gasteiger partial charge in [0.05, 0.1) is 12.7 Å². The van der Waals surface area contributed by atoms with Crippen LogP contribution < -0.4 is 5.32 Å². The number of nitrogens with one attached hydrogen (secondary N) is 1. The van der Waals surface area contributed by atoms with Crippen molar-refractivity contribution >= 4 is 17.7 Å². The maximum absolute atomic E-state index is 12.0. The average molecular weight is 245 g/mol. The smallest absolute Gasteiger partial charge is 0.316 e. The highest BCUT2D eigenvalue weighted by molar-refractivity contribution is 7.99. The summed E-state index contributed by atoms with van der Waals surface area (Å²) >= 11 is 1.72.